The number of rotatable bonds is 8. The second-order valence-corrected chi connectivity index (χ2v) is 32.2. The third kappa shape index (κ3) is 8.96. The lowest BCUT2D eigenvalue weighted by molar-refractivity contribution is 0.451. The molecule has 0 fully saturated rings. The third-order valence-electron chi connectivity index (χ3n) is 22.7. The van der Waals surface area contributed by atoms with E-state index in [-0.39, 0.29) is 47.2 Å². The standard InChI is InChI=1S/C83H89B3N2O4/c1-22-81(16,17)53-35-64-74-65(36-53)88(78-49(8)31-46(5)32-50(78)9)63-44-69-61(86-59-34-52(80(13,14)15)26-28-67(59)90-71-38-55(83(20,21)24-3)40-73(92-69)76(71)86)42-57(63)84(74)56-41-60-68(43-62(56)87(64)77-47(6)29-45(4)30-48(77)7)91-72-39-54(82(18,19)23-2)37-70-75(72)85(60)58-33-51(79(10,11)12)25-27-66(58)89-70/h25-44H,22-24H2,1-21H3. The highest BCUT2D eigenvalue weighted by Gasteiger charge is 2.51. The fraction of sp³-hybridized carbons (Fsp3) is 0.349. The molecule has 9 aromatic rings. The van der Waals surface area contributed by atoms with Crippen LogP contribution in [0.5, 0.6) is 46.0 Å². The lowest BCUT2D eigenvalue weighted by Crippen LogP contribution is -2.65. The Kier molecular flexibility index (Phi) is 13.3. The van der Waals surface area contributed by atoms with Crippen LogP contribution in [0.3, 0.4) is 0 Å². The predicted molar refractivity (Wildman–Crippen MR) is 392 cm³/mol. The van der Waals surface area contributed by atoms with Crippen molar-refractivity contribution < 1.29 is 18.9 Å². The summed E-state index contributed by atoms with van der Waals surface area (Å²) in [6, 6.07) is 47.8. The van der Waals surface area contributed by atoms with Crippen LogP contribution in [0.4, 0.5) is 34.1 Å². The van der Waals surface area contributed by atoms with Crippen molar-refractivity contribution in [3.63, 3.8) is 0 Å². The van der Waals surface area contributed by atoms with Gasteiger partial charge in [0.1, 0.15) is 46.0 Å². The van der Waals surface area contributed by atoms with Gasteiger partial charge in [-0.15, -0.1) is 0 Å². The number of hydrogen-bond donors (Lipinski definition) is 0. The second kappa shape index (κ2) is 20.2. The molecule has 0 aromatic heterocycles. The van der Waals surface area contributed by atoms with E-state index in [1.165, 1.54) is 111 Å². The van der Waals surface area contributed by atoms with Gasteiger partial charge in [-0.1, -0.05) is 176 Å². The first-order valence-corrected chi connectivity index (χ1v) is 34.1. The van der Waals surface area contributed by atoms with E-state index in [1.54, 1.807) is 0 Å². The Morgan fingerprint density at radius 1 is 0.293 bits per heavy atom. The average molecular weight is 1210 g/mol. The van der Waals surface area contributed by atoms with Crippen LogP contribution >= 0.6 is 0 Å². The molecule has 9 heteroatoms. The van der Waals surface area contributed by atoms with Crippen LogP contribution in [-0.4, -0.2) is 20.1 Å². The van der Waals surface area contributed by atoms with Crippen molar-refractivity contribution in [2.24, 2.45) is 0 Å². The topological polar surface area (TPSA) is 43.4 Å². The molecule has 464 valence electrons. The lowest BCUT2D eigenvalue weighted by atomic mass is 9.29. The maximum atomic E-state index is 7.63. The Labute approximate surface area is 549 Å². The fourth-order valence-corrected chi connectivity index (χ4v) is 16.2. The van der Waals surface area contributed by atoms with E-state index in [0.29, 0.717) is 0 Å². The van der Waals surface area contributed by atoms with Crippen LogP contribution in [0.1, 0.15) is 184 Å². The molecule has 6 aliphatic heterocycles. The Bertz CT molecular complexity index is 4380. The SMILES string of the molecule is CCC(C)(C)c1cc2c3c(c1)Oc1cc4c(cc1B3c1cc(C(C)(C)C)ccc1O2)B1c2cc3c(cc2N(c2c(C)cc(C)cc2C)c2cc(C(C)(C)CC)cc(c21)N4c1c(C)cc(C)cc1C)Oc1cc(C(C)(C)CC)cc2c1B3c1cc(C(C)(C)C)ccc1O2. The normalized spacial score (nSPS) is 14.7. The van der Waals surface area contributed by atoms with Gasteiger partial charge in [-0.2, -0.15) is 0 Å². The van der Waals surface area contributed by atoms with Crippen LogP contribution in [0.15, 0.2) is 121 Å². The third-order valence-corrected chi connectivity index (χ3v) is 22.7. The van der Waals surface area contributed by atoms with Gasteiger partial charge in [0.05, 0.1) is 11.4 Å². The summed E-state index contributed by atoms with van der Waals surface area (Å²) < 4.78 is 29.6. The molecule has 6 nitrogen and oxygen atoms in total. The quantitative estimate of drug-likeness (QED) is 0.141. The molecule has 0 spiro atoms. The average Bonchev–Trinajstić information content (AvgIpc) is 0.684. The summed E-state index contributed by atoms with van der Waals surface area (Å²) in [4.78, 5) is 5.31. The highest BCUT2D eigenvalue weighted by Crippen LogP contribution is 2.52. The number of anilines is 6. The zero-order valence-corrected chi connectivity index (χ0v) is 58.4. The number of aryl methyl sites for hydroxylation is 6. The van der Waals surface area contributed by atoms with Gasteiger partial charge >= 0.3 is 0 Å². The maximum Gasteiger partial charge on any atom is 0.260 e. The minimum absolute atomic E-state index is 0.101. The number of hydrogen-bond acceptors (Lipinski definition) is 6. The molecule has 15 rings (SSSR count). The Balaban J connectivity index is 1.09. The van der Waals surface area contributed by atoms with E-state index in [2.05, 4.69) is 277 Å². The first-order valence-electron chi connectivity index (χ1n) is 34.1. The van der Waals surface area contributed by atoms with E-state index < -0.39 is 0 Å². The van der Waals surface area contributed by atoms with Crippen molar-refractivity contribution in [2.75, 3.05) is 9.80 Å². The largest absolute Gasteiger partial charge is 0.458 e. The van der Waals surface area contributed by atoms with Gasteiger partial charge in [0, 0.05) is 45.8 Å². The minimum atomic E-state index is -0.244. The van der Waals surface area contributed by atoms with Crippen LogP contribution in [-0.2, 0) is 27.1 Å². The molecule has 0 N–H and O–H groups in total. The van der Waals surface area contributed by atoms with Crippen LogP contribution in [0.2, 0.25) is 0 Å². The van der Waals surface area contributed by atoms with Gasteiger partial charge < -0.3 is 28.7 Å². The zero-order chi connectivity index (χ0) is 65.1. The first-order chi connectivity index (χ1) is 43.4. The summed E-state index contributed by atoms with van der Waals surface area (Å²) in [7, 11) is 0. The van der Waals surface area contributed by atoms with Crippen molar-refractivity contribution in [1.82, 2.24) is 0 Å². The summed E-state index contributed by atoms with van der Waals surface area (Å²) in [5.74, 6) is 7.03. The van der Waals surface area contributed by atoms with Crippen LogP contribution in [0.25, 0.3) is 0 Å². The van der Waals surface area contributed by atoms with E-state index in [4.69, 9.17) is 18.9 Å². The summed E-state index contributed by atoms with van der Waals surface area (Å²) in [5, 5.41) is 0. The number of ether oxygens (including phenoxy) is 4. The molecule has 92 heavy (non-hydrogen) atoms. The Morgan fingerprint density at radius 3 is 0.924 bits per heavy atom. The summed E-state index contributed by atoms with van der Waals surface area (Å²) in [5.41, 5.74) is 30.7. The van der Waals surface area contributed by atoms with E-state index in [1.807, 2.05) is 0 Å². The molecule has 0 amide bonds. The Hall–Kier alpha value is -8.03. The van der Waals surface area contributed by atoms with Gasteiger partial charge in [0.25, 0.3) is 20.1 Å². The summed E-state index contributed by atoms with van der Waals surface area (Å²) in [6.45, 7) is 48.1. The van der Waals surface area contributed by atoms with Gasteiger partial charge in [-0.25, -0.2) is 0 Å². The molecule has 0 aliphatic carbocycles. The van der Waals surface area contributed by atoms with Crippen molar-refractivity contribution >= 4 is 103 Å². The molecule has 0 atom stereocenters. The van der Waals surface area contributed by atoms with Gasteiger partial charge in [-0.3, -0.25) is 0 Å². The molecule has 9 aromatic carbocycles. The summed E-state index contributed by atoms with van der Waals surface area (Å²) in [6.07, 6.45) is 2.89. The fourth-order valence-electron chi connectivity index (χ4n) is 16.2. The Morgan fingerprint density at radius 2 is 0.598 bits per heavy atom. The van der Waals surface area contributed by atoms with Crippen molar-refractivity contribution in [3.05, 3.63) is 183 Å². The second-order valence-electron chi connectivity index (χ2n) is 32.2. The lowest BCUT2D eigenvalue weighted by Gasteiger charge is -2.47. The molecule has 0 saturated carbocycles. The van der Waals surface area contributed by atoms with Crippen LogP contribution in [0, 0.1) is 41.5 Å². The molecule has 0 saturated heterocycles. The maximum absolute atomic E-state index is 7.63. The number of nitrogens with zero attached hydrogens (tertiary/aromatic N) is 2. The molecular weight excluding hydrogens is 1120 g/mol. The predicted octanol–water partition coefficient (Wildman–Crippen LogP) is 16.7. The van der Waals surface area contributed by atoms with E-state index >= 15 is 0 Å². The summed E-state index contributed by atoms with van der Waals surface area (Å²) >= 11 is 0. The number of fused-ring (bicyclic) bond motifs is 12. The molecule has 0 bridgehead atoms. The highest BCUT2D eigenvalue weighted by atomic mass is 16.5. The van der Waals surface area contributed by atoms with Crippen molar-refractivity contribution in [1.29, 1.82) is 0 Å². The van der Waals surface area contributed by atoms with E-state index in [0.717, 1.165) is 98.5 Å². The highest BCUT2D eigenvalue weighted by molar-refractivity contribution is 7.03. The monoisotopic (exact) mass is 1210 g/mol. The molecule has 0 radical (unpaired) electrons. The molecular formula is C83H89B3N2O4. The molecule has 6 aliphatic rings. The minimum Gasteiger partial charge on any atom is -0.458 e. The zero-order valence-electron chi connectivity index (χ0n) is 58.4. The molecule has 0 unspecified atom stereocenters. The van der Waals surface area contributed by atoms with Crippen molar-refractivity contribution in [2.45, 2.75) is 192 Å². The van der Waals surface area contributed by atoms with Gasteiger partial charge in [0.15, 0.2) is 0 Å². The van der Waals surface area contributed by atoms with Crippen LogP contribution < -0.4 is 77.9 Å². The van der Waals surface area contributed by atoms with Gasteiger partial charge in [0.2, 0.25) is 0 Å². The van der Waals surface area contributed by atoms with Crippen molar-refractivity contribution in [3.8, 4) is 46.0 Å². The number of benzene rings is 9. The van der Waals surface area contributed by atoms with Gasteiger partial charge in [-0.05, 0) is 225 Å². The smallest absolute Gasteiger partial charge is 0.260 e. The molecule has 6 heterocycles. The van der Waals surface area contributed by atoms with E-state index in [9.17, 15) is 0 Å². The first kappa shape index (κ1) is 60.2.